The second-order valence-electron chi connectivity index (χ2n) is 4.90. The lowest BCUT2D eigenvalue weighted by Gasteiger charge is -2.11. The fourth-order valence-corrected chi connectivity index (χ4v) is 2.01. The van der Waals surface area contributed by atoms with Gasteiger partial charge in [0.05, 0.1) is 20.3 Å². The molecule has 0 heterocycles. The van der Waals surface area contributed by atoms with Crippen LogP contribution in [0.2, 0.25) is 0 Å². The van der Waals surface area contributed by atoms with Crippen molar-refractivity contribution < 1.29 is 19.0 Å². The number of hydrogen-bond donors (Lipinski definition) is 0. The maximum Gasteiger partial charge on any atom is 0.161 e. The molecule has 0 spiro atoms. The molecule has 22 heavy (non-hydrogen) atoms. The normalized spacial score (nSPS) is 10.1. The molecule has 0 radical (unpaired) electrons. The second-order valence-corrected chi connectivity index (χ2v) is 4.90. The van der Waals surface area contributed by atoms with Gasteiger partial charge in [0.1, 0.15) is 12.0 Å². The lowest BCUT2D eigenvalue weighted by atomic mass is 10.2. The Labute approximate surface area is 130 Å². The van der Waals surface area contributed by atoms with Crippen LogP contribution in [-0.2, 0) is 0 Å². The molecular weight excluding hydrogens is 280 g/mol. The molecule has 0 aliphatic rings. The third kappa shape index (κ3) is 4.52. The molecule has 0 aliphatic heterocycles. The van der Waals surface area contributed by atoms with Gasteiger partial charge < -0.3 is 14.2 Å². The van der Waals surface area contributed by atoms with Crippen molar-refractivity contribution >= 4 is 6.29 Å². The van der Waals surface area contributed by atoms with E-state index >= 15 is 0 Å². The molecule has 0 amide bonds. The van der Waals surface area contributed by atoms with E-state index in [1.54, 1.807) is 25.3 Å². The van der Waals surface area contributed by atoms with Gasteiger partial charge in [0.25, 0.3) is 0 Å². The minimum atomic E-state index is 0.516. The minimum absolute atomic E-state index is 0.516. The topological polar surface area (TPSA) is 44.8 Å². The van der Waals surface area contributed by atoms with Crippen LogP contribution in [0.3, 0.4) is 0 Å². The average Bonchev–Trinajstić information content (AvgIpc) is 2.54. The number of carbonyl (C=O) groups excluding carboxylic acids is 1. The van der Waals surface area contributed by atoms with Gasteiger partial charge in [-0.1, -0.05) is 12.1 Å². The molecule has 116 valence electrons. The zero-order valence-electron chi connectivity index (χ0n) is 12.9. The molecular formula is C18H20O4. The quantitative estimate of drug-likeness (QED) is 0.551. The zero-order valence-corrected chi connectivity index (χ0v) is 12.9. The maximum atomic E-state index is 10.7. The third-order valence-corrected chi connectivity index (χ3v) is 3.13. The highest BCUT2D eigenvalue weighted by molar-refractivity contribution is 5.76. The van der Waals surface area contributed by atoms with Crippen molar-refractivity contribution in [2.75, 3.05) is 20.3 Å². The van der Waals surface area contributed by atoms with Gasteiger partial charge in [0, 0.05) is 12.0 Å². The summed E-state index contributed by atoms with van der Waals surface area (Å²) in [5.74, 6) is 2.06. The van der Waals surface area contributed by atoms with Crippen LogP contribution in [0.1, 0.15) is 22.3 Å². The second kappa shape index (κ2) is 8.08. The van der Waals surface area contributed by atoms with E-state index in [0.29, 0.717) is 30.3 Å². The molecule has 0 aliphatic carbocycles. The van der Waals surface area contributed by atoms with E-state index in [2.05, 4.69) is 0 Å². The van der Waals surface area contributed by atoms with Crippen molar-refractivity contribution in [3.8, 4) is 17.2 Å². The average molecular weight is 300 g/mol. The predicted molar refractivity (Wildman–Crippen MR) is 85.2 cm³/mol. The Morgan fingerprint density at radius 2 is 1.82 bits per heavy atom. The van der Waals surface area contributed by atoms with Crippen molar-refractivity contribution in [2.45, 2.75) is 13.3 Å². The molecule has 0 atom stereocenters. The van der Waals surface area contributed by atoms with Gasteiger partial charge in [-0.3, -0.25) is 4.79 Å². The van der Waals surface area contributed by atoms with Crippen LogP contribution in [-0.4, -0.2) is 26.6 Å². The molecule has 4 heteroatoms. The molecule has 0 bridgehead atoms. The van der Waals surface area contributed by atoms with Crippen molar-refractivity contribution in [3.63, 3.8) is 0 Å². The molecule has 4 nitrogen and oxygen atoms in total. The fourth-order valence-electron chi connectivity index (χ4n) is 2.01. The van der Waals surface area contributed by atoms with Crippen molar-refractivity contribution in [2.24, 2.45) is 0 Å². The molecule has 2 aromatic carbocycles. The van der Waals surface area contributed by atoms with E-state index in [1.165, 1.54) is 5.56 Å². The van der Waals surface area contributed by atoms with E-state index in [-0.39, 0.29) is 0 Å². The first-order valence-electron chi connectivity index (χ1n) is 7.18. The van der Waals surface area contributed by atoms with Crippen LogP contribution in [0, 0.1) is 6.92 Å². The summed E-state index contributed by atoms with van der Waals surface area (Å²) in [6.07, 6.45) is 1.54. The lowest BCUT2D eigenvalue weighted by molar-refractivity contribution is 0.112. The number of hydrogen-bond acceptors (Lipinski definition) is 4. The molecule has 2 rings (SSSR count). The number of rotatable bonds is 8. The number of aldehydes is 1. The Bertz CT molecular complexity index is 622. The Morgan fingerprint density at radius 1 is 1.00 bits per heavy atom. The Morgan fingerprint density at radius 3 is 2.55 bits per heavy atom. The molecule has 2 aromatic rings. The highest BCUT2D eigenvalue weighted by Gasteiger charge is 2.05. The van der Waals surface area contributed by atoms with Crippen molar-refractivity contribution in [1.29, 1.82) is 0 Å². The summed E-state index contributed by atoms with van der Waals surface area (Å²) in [5, 5.41) is 0. The van der Waals surface area contributed by atoms with Crippen molar-refractivity contribution in [3.05, 3.63) is 53.6 Å². The number of benzene rings is 2. The van der Waals surface area contributed by atoms with Gasteiger partial charge >= 0.3 is 0 Å². The summed E-state index contributed by atoms with van der Waals surface area (Å²) in [5.41, 5.74) is 1.74. The smallest absolute Gasteiger partial charge is 0.161 e. The van der Waals surface area contributed by atoms with Crippen molar-refractivity contribution in [1.82, 2.24) is 0 Å². The first-order valence-corrected chi connectivity index (χ1v) is 7.18. The van der Waals surface area contributed by atoms with E-state index in [1.807, 2.05) is 31.2 Å². The third-order valence-electron chi connectivity index (χ3n) is 3.13. The first kappa shape index (κ1) is 15.9. The predicted octanol–water partition coefficient (Wildman–Crippen LogP) is 3.66. The van der Waals surface area contributed by atoms with Crippen LogP contribution >= 0.6 is 0 Å². The van der Waals surface area contributed by atoms with E-state index in [4.69, 9.17) is 14.2 Å². The summed E-state index contributed by atoms with van der Waals surface area (Å²) in [6.45, 7) is 3.13. The fraction of sp³-hybridized carbons (Fsp3) is 0.278. The van der Waals surface area contributed by atoms with E-state index in [9.17, 15) is 4.79 Å². The molecule has 0 N–H and O–H groups in total. The van der Waals surface area contributed by atoms with Crippen LogP contribution in [0.25, 0.3) is 0 Å². The monoisotopic (exact) mass is 300 g/mol. The Hall–Kier alpha value is -2.49. The standard InChI is InChI=1S/C18H20O4/c1-14-5-3-6-16(11-14)21-9-4-10-22-17-8-7-15(13-19)12-18(17)20-2/h3,5-8,11-13H,4,9-10H2,1-2H3. The van der Waals surface area contributed by atoms with Crippen LogP contribution in [0.5, 0.6) is 17.2 Å². The molecule has 0 saturated carbocycles. The Kier molecular flexibility index (Phi) is 5.83. The van der Waals surface area contributed by atoms with Gasteiger partial charge in [-0.15, -0.1) is 0 Å². The van der Waals surface area contributed by atoms with Crippen LogP contribution in [0.15, 0.2) is 42.5 Å². The minimum Gasteiger partial charge on any atom is -0.493 e. The maximum absolute atomic E-state index is 10.7. The van der Waals surface area contributed by atoms with Gasteiger partial charge in [0.15, 0.2) is 11.5 Å². The van der Waals surface area contributed by atoms with E-state index < -0.39 is 0 Å². The summed E-state index contributed by atoms with van der Waals surface area (Å²) in [7, 11) is 1.55. The lowest BCUT2D eigenvalue weighted by Crippen LogP contribution is -2.06. The summed E-state index contributed by atoms with van der Waals surface area (Å²) in [4.78, 5) is 10.7. The number of methoxy groups -OCH3 is 1. The number of carbonyl (C=O) groups is 1. The van der Waals surface area contributed by atoms with Gasteiger partial charge in [-0.25, -0.2) is 0 Å². The summed E-state index contributed by atoms with van der Waals surface area (Å²) < 4.78 is 16.5. The van der Waals surface area contributed by atoms with Crippen LogP contribution in [0.4, 0.5) is 0 Å². The largest absolute Gasteiger partial charge is 0.493 e. The molecule has 0 fully saturated rings. The summed E-state index contributed by atoms with van der Waals surface area (Å²) in [6, 6.07) is 13.0. The molecule has 0 saturated heterocycles. The van der Waals surface area contributed by atoms with E-state index in [0.717, 1.165) is 18.5 Å². The molecule has 0 unspecified atom stereocenters. The zero-order chi connectivity index (χ0) is 15.8. The number of ether oxygens (including phenoxy) is 3. The Balaban J connectivity index is 1.78. The highest BCUT2D eigenvalue weighted by atomic mass is 16.5. The van der Waals surface area contributed by atoms with Gasteiger partial charge in [-0.05, 0) is 42.8 Å². The van der Waals surface area contributed by atoms with Crippen LogP contribution < -0.4 is 14.2 Å². The van der Waals surface area contributed by atoms with Gasteiger partial charge in [-0.2, -0.15) is 0 Å². The first-order chi connectivity index (χ1) is 10.7. The SMILES string of the molecule is COc1cc(C=O)ccc1OCCCOc1cccc(C)c1. The summed E-state index contributed by atoms with van der Waals surface area (Å²) >= 11 is 0. The molecule has 0 aromatic heterocycles. The van der Waals surface area contributed by atoms with Gasteiger partial charge in [0.2, 0.25) is 0 Å². The highest BCUT2D eigenvalue weighted by Crippen LogP contribution is 2.27. The number of aryl methyl sites for hydroxylation is 1.